The van der Waals surface area contributed by atoms with Gasteiger partial charge in [0.05, 0.1) is 0 Å². The fourth-order valence-corrected chi connectivity index (χ4v) is 2.21. The maximum Gasteiger partial charge on any atom is 0.120 e. The van der Waals surface area contributed by atoms with Gasteiger partial charge in [-0.2, -0.15) is 0 Å². The molecule has 0 saturated carbocycles. The van der Waals surface area contributed by atoms with Crippen LogP contribution in [0.1, 0.15) is 54.4 Å². The second kappa shape index (κ2) is 7.29. The van der Waals surface area contributed by atoms with Crippen molar-refractivity contribution in [3.05, 3.63) is 48.5 Å². The molecule has 2 aromatic rings. The Morgan fingerprint density at radius 2 is 0.875 bits per heavy atom. The molecule has 0 N–H and O–H groups in total. The SMILES string of the molecule is CCC(C)(C)Oc1ccc(-c2ccc(OC(C)(C)CC)cc2)cc1. The lowest BCUT2D eigenvalue weighted by Gasteiger charge is -2.25. The van der Waals surface area contributed by atoms with Gasteiger partial charge in [0.25, 0.3) is 0 Å². The molecule has 24 heavy (non-hydrogen) atoms. The fourth-order valence-electron chi connectivity index (χ4n) is 2.21. The Hall–Kier alpha value is -1.96. The summed E-state index contributed by atoms with van der Waals surface area (Å²) in [7, 11) is 0. The van der Waals surface area contributed by atoms with Gasteiger partial charge in [-0.05, 0) is 75.9 Å². The molecule has 0 aliphatic rings. The van der Waals surface area contributed by atoms with Gasteiger partial charge in [0, 0.05) is 0 Å². The van der Waals surface area contributed by atoms with Crippen LogP contribution >= 0.6 is 0 Å². The third-order valence-corrected chi connectivity index (χ3v) is 4.53. The second-order valence-corrected chi connectivity index (χ2v) is 7.48. The second-order valence-electron chi connectivity index (χ2n) is 7.48. The van der Waals surface area contributed by atoms with E-state index in [0.29, 0.717) is 0 Å². The zero-order valence-electron chi connectivity index (χ0n) is 15.8. The molecule has 2 heteroatoms. The standard InChI is InChI=1S/C22H30O2/c1-7-21(3,4)23-19-13-9-17(10-14-19)18-11-15-20(16-12-18)24-22(5,6)8-2/h9-16H,7-8H2,1-6H3. The van der Waals surface area contributed by atoms with Crippen LogP contribution in [-0.2, 0) is 0 Å². The molecule has 2 aromatic carbocycles. The Labute approximate surface area is 146 Å². The third kappa shape index (κ3) is 5.02. The minimum Gasteiger partial charge on any atom is -0.488 e. The zero-order valence-corrected chi connectivity index (χ0v) is 15.8. The summed E-state index contributed by atoms with van der Waals surface area (Å²) in [5.41, 5.74) is 2.09. The van der Waals surface area contributed by atoms with E-state index in [4.69, 9.17) is 9.47 Å². The van der Waals surface area contributed by atoms with Gasteiger partial charge in [-0.3, -0.25) is 0 Å². The molecule has 0 aromatic heterocycles. The first-order valence-electron chi connectivity index (χ1n) is 8.83. The molecule has 0 atom stereocenters. The summed E-state index contributed by atoms with van der Waals surface area (Å²) in [6, 6.07) is 16.6. The number of rotatable bonds is 7. The van der Waals surface area contributed by atoms with Crippen molar-refractivity contribution in [3.63, 3.8) is 0 Å². The van der Waals surface area contributed by atoms with Crippen molar-refractivity contribution < 1.29 is 9.47 Å². The molecular weight excluding hydrogens is 296 g/mol. The van der Waals surface area contributed by atoms with Crippen molar-refractivity contribution in [1.29, 1.82) is 0 Å². The van der Waals surface area contributed by atoms with E-state index in [1.807, 2.05) is 24.3 Å². The van der Waals surface area contributed by atoms with Crippen molar-refractivity contribution in [2.75, 3.05) is 0 Å². The van der Waals surface area contributed by atoms with Crippen LogP contribution in [0.3, 0.4) is 0 Å². The fraction of sp³-hybridized carbons (Fsp3) is 0.455. The summed E-state index contributed by atoms with van der Waals surface area (Å²) in [5.74, 6) is 1.82. The van der Waals surface area contributed by atoms with Gasteiger partial charge in [-0.15, -0.1) is 0 Å². The molecule has 0 fully saturated rings. The first kappa shape index (κ1) is 18.4. The van der Waals surface area contributed by atoms with Gasteiger partial charge < -0.3 is 9.47 Å². The van der Waals surface area contributed by atoms with Crippen molar-refractivity contribution >= 4 is 0 Å². The molecule has 0 saturated heterocycles. The highest BCUT2D eigenvalue weighted by atomic mass is 16.5. The molecule has 2 nitrogen and oxygen atoms in total. The third-order valence-electron chi connectivity index (χ3n) is 4.53. The van der Waals surface area contributed by atoms with Crippen LogP contribution in [0.15, 0.2) is 48.5 Å². The van der Waals surface area contributed by atoms with E-state index in [-0.39, 0.29) is 11.2 Å². The maximum absolute atomic E-state index is 6.01. The van der Waals surface area contributed by atoms with Crippen LogP contribution in [-0.4, -0.2) is 11.2 Å². The molecule has 0 heterocycles. The Morgan fingerprint density at radius 1 is 0.583 bits per heavy atom. The van der Waals surface area contributed by atoms with E-state index >= 15 is 0 Å². The number of ether oxygens (including phenoxy) is 2. The smallest absolute Gasteiger partial charge is 0.120 e. The van der Waals surface area contributed by atoms with E-state index < -0.39 is 0 Å². The van der Waals surface area contributed by atoms with E-state index in [1.165, 1.54) is 11.1 Å². The highest BCUT2D eigenvalue weighted by Gasteiger charge is 2.17. The molecule has 0 bridgehead atoms. The lowest BCUT2D eigenvalue weighted by Crippen LogP contribution is -2.26. The van der Waals surface area contributed by atoms with Crippen LogP contribution < -0.4 is 9.47 Å². The minimum absolute atomic E-state index is 0.132. The predicted octanol–water partition coefficient (Wildman–Crippen LogP) is 6.49. The van der Waals surface area contributed by atoms with Crippen LogP contribution in [0, 0.1) is 0 Å². The summed E-state index contributed by atoms with van der Waals surface area (Å²) in [6.07, 6.45) is 1.95. The highest BCUT2D eigenvalue weighted by Crippen LogP contribution is 2.28. The molecule has 0 radical (unpaired) electrons. The largest absolute Gasteiger partial charge is 0.488 e. The Bertz CT molecular complexity index is 577. The number of benzene rings is 2. The minimum atomic E-state index is -0.132. The molecule has 130 valence electrons. The van der Waals surface area contributed by atoms with Gasteiger partial charge in [0.1, 0.15) is 22.7 Å². The Morgan fingerprint density at radius 3 is 1.12 bits per heavy atom. The van der Waals surface area contributed by atoms with Gasteiger partial charge in [-0.25, -0.2) is 0 Å². The summed E-state index contributed by atoms with van der Waals surface area (Å²) in [6.45, 7) is 12.7. The van der Waals surface area contributed by atoms with Gasteiger partial charge in [-0.1, -0.05) is 38.1 Å². The van der Waals surface area contributed by atoms with Crippen molar-refractivity contribution in [1.82, 2.24) is 0 Å². The molecule has 0 unspecified atom stereocenters. The van der Waals surface area contributed by atoms with Crippen LogP contribution in [0.25, 0.3) is 11.1 Å². The highest BCUT2D eigenvalue weighted by molar-refractivity contribution is 5.64. The number of hydrogen-bond donors (Lipinski definition) is 0. The first-order valence-corrected chi connectivity index (χ1v) is 8.83. The molecule has 0 amide bonds. The summed E-state index contributed by atoms with van der Waals surface area (Å²) >= 11 is 0. The molecule has 2 rings (SSSR count). The lowest BCUT2D eigenvalue weighted by atomic mass is 10.0. The number of hydrogen-bond acceptors (Lipinski definition) is 2. The molecule has 0 spiro atoms. The maximum atomic E-state index is 6.01. The van der Waals surface area contributed by atoms with Gasteiger partial charge >= 0.3 is 0 Å². The van der Waals surface area contributed by atoms with E-state index in [1.54, 1.807) is 0 Å². The summed E-state index contributed by atoms with van der Waals surface area (Å²) in [5, 5.41) is 0. The average Bonchev–Trinajstić information content (AvgIpc) is 2.56. The molecular formula is C22H30O2. The van der Waals surface area contributed by atoms with Crippen LogP contribution in [0.2, 0.25) is 0 Å². The Kier molecular flexibility index (Phi) is 5.58. The topological polar surface area (TPSA) is 18.5 Å². The lowest BCUT2D eigenvalue weighted by molar-refractivity contribution is 0.105. The first-order chi connectivity index (χ1) is 11.2. The monoisotopic (exact) mass is 326 g/mol. The van der Waals surface area contributed by atoms with E-state index in [2.05, 4.69) is 65.8 Å². The summed E-state index contributed by atoms with van der Waals surface area (Å²) in [4.78, 5) is 0. The zero-order chi connectivity index (χ0) is 17.8. The van der Waals surface area contributed by atoms with Crippen molar-refractivity contribution in [2.24, 2.45) is 0 Å². The van der Waals surface area contributed by atoms with E-state index in [0.717, 1.165) is 24.3 Å². The summed E-state index contributed by atoms with van der Waals surface area (Å²) < 4.78 is 12.0. The average molecular weight is 326 g/mol. The Balaban J connectivity index is 2.09. The van der Waals surface area contributed by atoms with Crippen LogP contribution in [0.5, 0.6) is 11.5 Å². The van der Waals surface area contributed by atoms with Gasteiger partial charge in [0.15, 0.2) is 0 Å². The normalized spacial score (nSPS) is 12.1. The van der Waals surface area contributed by atoms with Crippen molar-refractivity contribution in [3.8, 4) is 22.6 Å². The van der Waals surface area contributed by atoms with Gasteiger partial charge in [0.2, 0.25) is 0 Å². The quantitative estimate of drug-likeness (QED) is 0.579. The van der Waals surface area contributed by atoms with E-state index in [9.17, 15) is 0 Å². The molecule has 0 aliphatic heterocycles. The molecule has 0 aliphatic carbocycles. The van der Waals surface area contributed by atoms with Crippen molar-refractivity contribution in [2.45, 2.75) is 65.6 Å². The van der Waals surface area contributed by atoms with Crippen LogP contribution in [0.4, 0.5) is 0 Å². The predicted molar refractivity (Wildman–Crippen MR) is 102 cm³/mol.